The van der Waals surface area contributed by atoms with E-state index in [1.807, 2.05) is 0 Å². The van der Waals surface area contributed by atoms with Crippen molar-refractivity contribution in [2.24, 2.45) is 0 Å². The Morgan fingerprint density at radius 3 is 2.55 bits per heavy atom. The third-order valence-corrected chi connectivity index (χ3v) is 5.23. The third-order valence-electron chi connectivity index (χ3n) is 4.92. The fourth-order valence-electron chi connectivity index (χ4n) is 3.26. The maximum absolute atomic E-state index is 14.1. The number of alkyl halides is 3. The van der Waals surface area contributed by atoms with Crippen LogP contribution in [0, 0.1) is 11.6 Å². The van der Waals surface area contributed by atoms with Crippen LogP contribution in [-0.2, 0) is 15.8 Å². The summed E-state index contributed by atoms with van der Waals surface area (Å²) < 4.78 is 71.2. The van der Waals surface area contributed by atoms with Crippen LogP contribution in [0.3, 0.4) is 0 Å². The normalized spacial score (nSPS) is 18.5. The Hall–Kier alpha value is -2.92. The van der Waals surface area contributed by atoms with Gasteiger partial charge in [0.2, 0.25) is 5.91 Å². The minimum atomic E-state index is -4.88. The molecule has 1 aliphatic heterocycles. The second-order valence-electron chi connectivity index (χ2n) is 7.32. The van der Waals surface area contributed by atoms with Crippen molar-refractivity contribution in [2.75, 3.05) is 18.5 Å². The molecule has 3 rings (SSSR count). The van der Waals surface area contributed by atoms with Gasteiger partial charge in [0.15, 0.2) is 12.4 Å². The first-order valence-corrected chi connectivity index (χ1v) is 10.2. The topological polar surface area (TPSA) is 79.5 Å². The van der Waals surface area contributed by atoms with E-state index in [1.165, 1.54) is 12.1 Å². The van der Waals surface area contributed by atoms with E-state index < -0.39 is 46.9 Å². The second kappa shape index (κ2) is 10.3. The molecular weight excluding hydrogens is 473 g/mol. The third kappa shape index (κ3) is 6.55. The van der Waals surface area contributed by atoms with Crippen LogP contribution < -0.4 is 20.7 Å². The van der Waals surface area contributed by atoms with E-state index >= 15 is 0 Å². The monoisotopic (exact) mass is 491 g/mol. The summed E-state index contributed by atoms with van der Waals surface area (Å²) in [5.41, 5.74) is -2.04. The van der Waals surface area contributed by atoms with Crippen molar-refractivity contribution in [1.82, 2.24) is 10.6 Å². The van der Waals surface area contributed by atoms with Crippen LogP contribution in [0.5, 0.6) is 5.75 Å². The molecule has 6 nitrogen and oxygen atoms in total. The van der Waals surface area contributed by atoms with Crippen LogP contribution >= 0.6 is 11.6 Å². The predicted octanol–water partition coefficient (Wildman–Crippen LogP) is 3.89. The molecule has 0 saturated carbocycles. The van der Waals surface area contributed by atoms with E-state index in [-0.39, 0.29) is 36.4 Å². The number of hydrogen-bond donors (Lipinski definition) is 3. The second-order valence-corrected chi connectivity index (χ2v) is 7.73. The fourth-order valence-corrected chi connectivity index (χ4v) is 3.37. The SMILES string of the molecule is O=C(COc1ccc(Cl)c(F)c1)N[C@H]1CC[C@H](C(=O)Nc2cccc(C(F)(F)F)c2F)NC1. The molecule has 3 N–H and O–H groups in total. The molecule has 1 heterocycles. The Morgan fingerprint density at radius 2 is 1.91 bits per heavy atom. The zero-order valence-corrected chi connectivity index (χ0v) is 17.7. The van der Waals surface area contributed by atoms with Crippen LogP contribution in [0.2, 0.25) is 5.02 Å². The van der Waals surface area contributed by atoms with Crippen molar-refractivity contribution in [1.29, 1.82) is 0 Å². The number of ether oxygens (including phenoxy) is 1. The number of amides is 2. The highest BCUT2D eigenvalue weighted by atomic mass is 35.5. The van der Waals surface area contributed by atoms with Crippen LogP contribution in [-0.4, -0.2) is 37.0 Å². The van der Waals surface area contributed by atoms with Gasteiger partial charge in [-0.15, -0.1) is 0 Å². The number of benzene rings is 2. The lowest BCUT2D eigenvalue weighted by molar-refractivity contribution is -0.140. The smallest absolute Gasteiger partial charge is 0.419 e. The van der Waals surface area contributed by atoms with Gasteiger partial charge in [-0.25, -0.2) is 8.78 Å². The molecule has 2 aromatic rings. The average Bonchev–Trinajstić information content (AvgIpc) is 2.75. The summed E-state index contributed by atoms with van der Waals surface area (Å²) in [6, 6.07) is 5.28. The van der Waals surface area contributed by atoms with Crippen molar-refractivity contribution in [3.8, 4) is 5.75 Å². The summed E-state index contributed by atoms with van der Waals surface area (Å²) in [7, 11) is 0. The summed E-state index contributed by atoms with van der Waals surface area (Å²) in [4.78, 5) is 24.4. The molecule has 0 radical (unpaired) electrons. The zero-order valence-electron chi connectivity index (χ0n) is 16.9. The van der Waals surface area contributed by atoms with Gasteiger partial charge < -0.3 is 20.7 Å². The molecule has 12 heteroatoms. The molecule has 1 aliphatic rings. The molecular formula is C21H19ClF5N3O3. The molecule has 33 heavy (non-hydrogen) atoms. The van der Waals surface area contributed by atoms with E-state index in [1.54, 1.807) is 0 Å². The van der Waals surface area contributed by atoms with Crippen molar-refractivity contribution in [2.45, 2.75) is 31.1 Å². The zero-order chi connectivity index (χ0) is 24.2. The summed E-state index contributed by atoms with van der Waals surface area (Å²) >= 11 is 5.58. The standard InChI is InChI=1S/C21H19ClF5N3O3/c22-14-6-5-12(8-15(14)23)33-10-18(31)29-11-4-7-17(28-9-11)20(32)30-16-3-1-2-13(19(16)24)21(25,26)27/h1-3,5-6,8,11,17,28H,4,7,9-10H2,(H,29,31)(H,30,32)/t11-,17+/m0/s1. The Labute approximate surface area is 190 Å². The van der Waals surface area contributed by atoms with Crippen LogP contribution in [0.4, 0.5) is 27.6 Å². The molecule has 1 fully saturated rings. The van der Waals surface area contributed by atoms with E-state index in [0.717, 1.165) is 18.2 Å². The van der Waals surface area contributed by atoms with E-state index in [0.29, 0.717) is 12.5 Å². The van der Waals surface area contributed by atoms with E-state index in [4.69, 9.17) is 16.3 Å². The number of carbonyl (C=O) groups is 2. The molecule has 2 aromatic carbocycles. The van der Waals surface area contributed by atoms with Gasteiger partial charge >= 0.3 is 6.18 Å². The molecule has 0 spiro atoms. The first-order chi connectivity index (χ1) is 15.5. The number of piperidine rings is 1. The summed E-state index contributed by atoms with van der Waals surface area (Å²) in [5, 5.41) is 7.66. The molecule has 2 atom stereocenters. The average molecular weight is 492 g/mol. The van der Waals surface area contributed by atoms with Gasteiger partial charge in [-0.3, -0.25) is 9.59 Å². The predicted molar refractivity (Wildman–Crippen MR) is 110 cm³/mol. The molecule has 2 amide bonds. The molecule has 0 unspecified atom stereocenters. The minimum absolute atomic E-state index is 0.0746. The van der Waals surface area contributed by atoms with E-state index in [2.05, 4.69) is 16.0 Å². The Kier molecular flexibility index (Phi) is 7.75. The van der Waals surface area contributed by atoms with Gasteiger partial charge in [0, 0.05) is 18.7 Å². The number of hydrogen-bond acceptors (Lipinski definition) is 4. The lowest BCUT2D eigenvalue weighted by Gasteiger charge is -2.29. The number of halogens is 6. The summed E-state index contributed by atoms with van der Waals surface area (Å²) in [6.45, 7) is -0.166. The van der Waals surface area contributed by atoms with Gasteiger partial charge in [-0.05, 0) is 37.1 Å². The highest BCUT2D eigenvalue weighted by Crippen LogP contribution is 2.34. The highest BCUT2D eigenvalue weighted by Gasteiger charge is 2.35. The first kappa shape index (κ1) is 24.7. The highest BCUT2D eigenvalue weighted by molar-refractivity contribution is 6.30. The van der Waals surface area contributed by atoms with E-state index in [9.17, 15) is 31.5 Å². The molecule has 0 aliphatic carbocycles. The molecule has 1 saturated heterocycles. The summed E-state index contributed by atoms with van der Waals surface area (Å²) in [6.07, 6.45) is -4.25. The van der Waals surface area contributed by atoms with Crippen LogP contribution in [0.25, 0.3) is 0 Å². The Balaban J connectivity index is 1.46. The van der Waals surface area contributed by atoms with Crippen molar-refractivity contribution >= 4 is 29.1 Å². The Morgan fingerprint density at radius 1 is 1.15 bits per heavy atom. The fraction of sp³-hybridized carbons (Fsp3) is 0.333. The van der Waals surface area contributed by atoms with Crippen molar-refractivity contribution in [3.63, 3.8) is 0 Å². The van der Waals surface area contributed by atoms with Gasteiger partial charge in [0.05, 0.1) is 22.3 Å². The lowest BCUT2D eigenvalue weighted by atomic mass is 10.00. The quantitative estimate of drug-likeness (QED) is 0.536. The molecule has 0 bridgehead atoms. The number of anilines is 1. The van der Waals surface area contributed by atoms with Crippen LogP contribution in [0.1, 0.15) is 18.4 Å². The van der Waals surface area contributed by atoms with Gasteiger partial charge in [-0.1, -0.05) is 17.7 Å². The molecule has 0 aromatic heterocycles. The maximum Gasteiger partial charge on any atom is 0.419 e. The van der Waals surface area contributed by atoms with Crippen LogP contribution in [0.15, 0.2) is 36.4 Å². The van der Waals surface area contributed by atoms with Gasteiger partial charge in [-0.2, -0.15) is 13.2 Å². The Bertz CT molecular complexity index is 1030. The first-order valence-electron chi connectivity index (χ1n) is 9.81. The number of carbonyl (C=O) groups excluding carboxylic acids is 2. The number of nitrogens with one attached hydrogen (secondary N) is 3. The van der Waals surface area contributed by atoms with Crippen molar-refractivity contribution in [3.05, 3.63) is 58.6 Å². The lowest BCUT2D eigenvalue weighted by Crippen LogP contribution is -2.53. The van der Waals surface area contributed by atoms with Gasteiger partial charge in [0.1, 0.15) is 11.6 Å². The molecule has 178 valence electrons. The summed E-state index contributed by atoms with van der Waals surface area (Å²) in [5.74, 6) is -3.26. The van der Waals surface area contributed by atoms with Crippen molar-refractivity contribution < 1.29 is 36.3 Å². The van der Waals surface area contributed by atoms with Gasteiger partial charge in [0.25, 0.3) is 5.91 Å². The number of rotatable bonds is 6. The maximum atomic E-state index is 14.1. The largest absolute Gasteiger partial charge is 0.484 e. The minimum Gasteiger partial charge on any atom is -0.484 e.